The Balaban J connectivity index is 1.63. The molecular formula is C26H23N7O5S2. The minimum atomic E-state index is -0.463. The highest BCUT2D eigenvalue weighted by Gasteiger charge is 2.20. The molecule has 0 atom stereocenters. The van der Waals surface area contributed by atoms with E-state index in [0.717, 1.165) is 22.8 Å². The number of phenolic OH excluding ortho intramolecular Hbond substituents is 1. The number of non-ortho nitro benzene ring substituents is 1. The third-order valence-electron chi connectivity index (χ3n) is 5.87. The molecule has 0 bridgehead atoms. The summed E-state index contributed by atoms with van der Waals surface area (Å²) in [5, 5.41) is 35.2. The molecule has 40 heavy (non-hydrogen) atoms. The summed E-state index contributed by atoms with van der Waals surface area (Å²) < 4.78 is 8.66. The molecule has 3 aromatic heterocycles. The van der Waals surface area contributed by atoms with Crippen LogP contribution in [-0.4, -0.2) is 48.0 Å². The first kappa shape index (κ1) is 26.9. The summed E-state index contributed by atoms with van der Waals surface area (Å²) in [6.45, 7) is 5.76. The number of phenols is 1. The van der Waals surface area contributed by atoms with E-state index in [0.29, 0.717) is 43.0 Å². The largest absolute Gasteiger partial charge is 0.508 e. The number of hydrogen-bond donors (Lipinski definition) is 1. The Bertz CT molecular complexity index is 1810. The van der Waals surface area contributed by atoms with E-state index in [1.807, 2.05) is 6.92 Å². The Hall–Kier alpha value is -4.69. The number of carbonyl (C=O) groups is 1. The van der Waals surface area contributed by atoms with Gasteiger partial charge in [-0.05, 0) is 56.7 Å². The van der Waals surface area contributed by atoms with Gasteiger partial charge in [0.2, 0.25) is 9.76 Å². The van der Waals surface area contributed by atoms with Crippen LogP contribution in [0.4, 0.5) is 5.69 Å². The SMILES string of the molecule is CCOC(=O)c1s/c(=N\N=C\c2c(-c3ccc([N+](=O)[O-])cc3)nc3sc(CC)nn23)n(-c2ccc(O)cc2)c1C. The maximum Gasteiger partial charge on any atom is 0.350 e. The van der Waals surface area contributed by atoms with E-state index in [2.05, 4.69) is 15.3 Å². The van der Waals surface area contributed by atoms with Crippen LogP contribution >= 0.6 is 22.7 Å². The smallest absolute Gasteiger partial charge is 0.350 e. The lowest BCUT2D eigenvalue weighted by Crippen LogP contribution is -2.14. The molecule has 0 radical (unpaired) electrons. The van der Waals surface area contributed by atoms with Crippen LogP contribution in [0.1, 0.15) is 39.9 Å². The summed E-state index contributed by atoms with van der Waals surface area (Å²) in [6, 6.07) is 12.6. The van der Waals surface area contributed by atoms with Gasteiger partial charge in [0, 0.05) is 29.1 Å². The Labute approximate surface area is 235 Å². The zero-order valence-electron chi connectivity index (χ0n) is 21.6. The van der Waals surface area contributed by atoms with Crippen LogP contribution in [0.3, 0.4) is 0 Å². The van der Waals surface area contributed by atoms with Gasteiger partial charge in [-0.1, -0.05) is 29.6 Å². The quantitative estimate of drug-likeness (QED) is 0.119. The molecule has 0 fully saturated rings. The number of esters is 1. The number of aromatic nitrogens is 4. The number of thiazole rings is 1. The molecule has 0 unspecified atom stereocenters. The van der Waals surface area contributed by atoms with Crippen LogP contribution < -0.4 is 4.80 Å². The molecule has 0 aliphatic heterocycles. The zero-order valence-corrected chi connectivity index (χ0v) is 23.3. The molecule has 0 spiro atoms. The van der Waals surface area contributed by atoms with Crippen molar-refractivity contribution in [1.29, 1.82) is 0 Å². The number of hydrogen-bond acceptors (Lipinski definition) is 11. The molecule has 5 aromatic rings. The summed E-state index contributed by atoms with van der Waals surface area (Å²) in [7, 11) is 0. The third-order valence-corrected chi connectivity index (χ3v) is 8.04. The number of fused-ring (bicyclic) bond motifs is 1. The van der Waals surface area contributed by atoms with Gasteiger partial charge in [-0.15, -0.1) is 5.10 Å². The van der Waals surface area contributed by atoms with E-state index in [4.69, 9.17) is 9.72 Å². The number of rotatable bonds is 8. The Morgan fingerprint density at radius 1 is 1.15 bits per heavy atom. The Morgan fingerprint density at radius 3 is 2.52 bits per heavy atom. The molecule has 3 heterocycles. The number of ether oxygens (including phenoxy) is 1. The molecule has 1 N–H and O–H groups in total. The number of nitro benzene ring substituents is 1. The van der Waals surface area contributed by atoms with Crippen molar-refractivity contribution in [3.8, 4) is 22.7 Å². The minimum Gasteiger partial charge on any atom is -0.508 e. The van der Waals surface area contributed by atoms with E-state index >= 15 is 0 Å². The van der Waals surface area contributed by atoms with E-state index < -0.39 is 10.9 Å². The fraction of sp³-hybridized carbons (Fsp3) is 0.192. The zero-order chi connectivity index (χ0) is 28.4. The molecular weight excluding hydrogens is 554 g/mol. The minimum absolute atomic E-state index is 0.0226. The maximum atomic E-state index is 12.6. The molecule has 14 heteroatoms. The van der Waals surface area contributed by atoms with E-state index in [-0.39, 0.29) is 18.0 Å². The number of nitro groups is 1. The Morgan fingerprint density at radius 2 is 1.88 bits per heavy atom. The van der Waals surface area contributed by atoms with Crippen LogP contribution in [0.15, 0.2) is 58.7 Å². The number of nitrogens with zero attached hydrogens (tertiary/aromatic N) is 7. The molecule has 0 amide bonds. The number of aromatic hydroxyl groups is 1. The van der Waals surface area contributed by atoms with Gasteiger partial charge in [0.05, 0.1) is 17.7 Å². The topological polar surface area (TPSA) is 150 Å². The molecule has 12 nitrogen and oxygen atoms in total. The predicted octanol–water partition coefficient (Wildman–Crippen LogP) is 4.91. The van der Waals surface area contributed by atoms with Crippen LogP contribution in [0.25, 0.3) is 21.9 Å². The van der Waals surface area contributed by atoms with Gasteiger partial charge >= 0.3 is 5.97 Å². The average Bonchev–Trinajstić information content (AvgIpc) is 3.61. The summed E-state index contributed by atoms with van der Waals surface area (Å²) in [5.74, 6) is -0.354. The first-order valence-electron chi connectivity index (χ1n) is 12.2. The van der Waals surface area contributed by atoms with Gasteiger partial charge in [-0.2, -0.15) is 10.2 Å². The normalized spacial score (nSPS) is 12.0. The molecule has 2 aromatic carbocycles. The fourth-order valence-corrected chi connectivity index (χ4v) is 5.79. The van der Waals surface area contributed by atoms with Crippen molar-refractivity contribution < 1.29 is 19.6 Å². The lowest BCUT2D eigenvalue weighted by atomic mass is 10.1. The fourth-order valence-electron chi connectivity index (χ4n) is 3.96. The van der Waals surface area contributed by atoms with Crippen LogP contribution in [0.5, 0.6) is 5.75 Å². The first-order valence-corrected chi connectivity index (χ1v) is 13.8. The van der Waals surface area contributed by atoms with Gasteiger partial charge in [0.15, 0.2) is 0 Å². The Kier molecular flexibility index (Phi) is 7.53. The highest BCUT2D eigenvalue weighted by molar-refractivity contribution is 7.16. The lowest BCUT2D eigenvalue weighted by Gasteiger charge is -2.06. The van der Waals surface area contributed by atoms with Crippen molar-refractivity contribution in [2.45, 2.75) is 27.2 Å². The van der Waals surface area contributed by atoms with E-state index in [1.165, 1.54) is 29.7 Å². The molecule has 204 valence electrons. The average molecular weight is 578 g/mol. The van der Waals surface area contributed by atoms with Crippen molar-refractivity contribution >= 4 is 45.5 Å². The lowest BCUT2D eigenvalue weighted by molar-refractivity contribution is -0.384. The van der Waals surface area contributed by atoms with Gasteiger partial charge in [0.25, 0.3) is 5.69 Å². The maximum absolute atomic E-state index is 12.6. The van der Waals surface area contributed by atoms with Crippen LogP contribution in [0, 0.1) is 17.0 Å². The van der Waals surface area contributed by atoms with Crippen molar-refractivity contribution in [3.63, 3.8) is 0 Å². The summed E-state index contributed by atoms with van der Waals surface area (Å²) >= 11 is 2.58. The second kappa shape index (κ2) is 11.2. The van der Waals surface area contributed by atoms with Gasteiger partial charge < -0.3 is 9.84 Å². The molecule has 0 aliphatic rings. The number of aryl methyl sites for hydroxylation is 1. The highest BCUT2D eigenvalue weighted by atomic mass is 32.1. The molecule has 0 aliphatic carbocycles. The molecule has 5 rings (SSSR count). The third kappa shape index (κ3) is 5.13. The summed E-state index contributed by atoms with van der Waals surface area (Å²) in [6.07, 6.45) is 2.26. The summed E-state index contributed by atoms with van der Waals surface area (Å²) in [4.78, 5) is 29.4. The first-order chi connectivity index (χ1) is 19.3. The predicted molar refractivity (Wildman–Crippen MR) is 151 cm³/mol. The second-order valence-electron chi connectivity index (χ2n) is 8.41. The monoisotopic (exact) mass is 577 g/mol. The van der Waals surface area contributed by atoms with Gasteiger partial charge in [0.1, 0.15) is 27.0 Å². The number of carbonyl (C=O) groups excluding carboxylic acids is 1. The molecule has 0 saturated carbocycles. The van der Waals surface area contributed by atoms with Crippen LogP contribution in [-0.2, 0) is 11.2 Å². The highest BCUT2D eigenvalue weighted by Crippen LogP contribution is 2.28. The van der Waals surface area contributed by atoms with Gasteiger partial charge in [-0.3, -0.25) is 14.7 Å². The van der Waals surface area contributed by atoms with E-state index in [1.54, 1.807) is 59.3 Å². The van der Waals surface area contributed by atoms with E-state index in [9.17, 15) is 20.0 Å². The second-order valence-corrected chi connectivity index (χ2v) is 10.4. The van der Waals surface area contributed by atoms with Crippen molar-refractivity contribution in [1.82, 2.24) is 19.2 Å². The van der Waals surface area contributed by atoms with Crippen molar-refractivity contribution in [3.05, 3.63) is 84.7 Å². The van der Waals surface area contributed by atoms with Gasteiger partial charge in [-0.25, -0.2) is 14.3 Å². The standard InChI is InChI=1S/C26H23N7O5S2/c1-4-21-30-32-20(22(28-25(32)39-21)16-6-8-18(9-7-16)33(36)37)14-27-29-26-31(17-10-12-19(34)13-11-17)15(3)23(40-26)24(35)38-5-2/h6-14,34H,4-5H2,1-3H3/b27-14+,29-26-. The molecule has 0 saturated heterocycles. The van der Waals surface area contributed by atoms with Crippen LogP contribution in [0.2, 0.25) is 0 Å². The summed E-state index contributed by atoms with van der Waals surface area (Å²) in [5.41, 5.74) is 3.05. The number of imidazole rings is 1. The van der Waals surface area contributed by atoms with Crippen molar-refractivity contribution in [2.75, 3.05) is 6.61 Å². The van der Waals surface area contributed by atoms with Crippen molar-refractivity contribution in [2.24, 2.45) is 10.2 Å². The number of benzene rings is 2.